The zero-order valence-electron chi connectivity index (χ0n) is 16.8. The molecule has 2 aliphatic heterocycles. The molecular weight excluding hydrogens is 324 g/mol. The van der Waals surface area contributed by atoms with Gasteiger partial charge in [-0.15, -0.1) is 0 Å². The molecule has 0 radical (unpaired) electrons. The molecule has 0 saturated carbocycles. The lowest BCUT2D eigenvalue weighted by molar-refractivity contribution is -0.466. The van der Waals surface area contributed by atoms with Crippen molar-refractivity contribution >= 4 is 0 Å². The Morgan fingerprint density at radius 1 is 0.760 bits per heavy atom. The van der Waals surface area contributed by atoms with Gasteiger partial charge in [-0.3, -0.25) is 0 Å². The first-order chi connectivity index (χ1) is 11.7. The van der Waals surface area contributed by atoms with Crippen LogP contribution in [0, 0.1) is 10.8 Å². The van der Waals surface area contributed by atoms with Crippen molar-refractivity contribution in [3.05, 3.63) is 0 Å². The highest BCUT2D eigenvalue weighted by molar-refractivity contribution is 4.87. The van der Waals surface area contributed by atoms with E-state index in [0.717, 1.165) is 6.42 Å². The van der Waals surface area contributed by atoms with Gasteiger partial charge in [0.15, 0.2) is 0 Å². The van der Waals surface area contributed by atoms with Crippen molar-refractivity contribution in [2.45, 2.75) is 72.8 Å². The van der Waals surface area contributed by atoms with Crippen molar-refractivity contribution in [1.82, 2.24) is 0 Å². The Morgan fingerprint density at radius 2 is 1.20 bits per heavy atom. The largest absolute Gasteiger partial charge is 0.327 e. The Balaban J connectivity index is 1.90. The summed E-state index contributed by atoms with van der Waals surface area (Å²) in [6.07, 6.45) is 2.22. The van der Waals surface area contributed by atoms with Crippen LogP contribution < -0.4 is 0 Å². The van der Waals surface area contributed by atoms with Gasteiger partial charge >= 0.3 is 0 Å². The Labute approximate surface area is 152 Å². The van der Waals surface area contributed by atoms with Gasteiger partial charge in [0, 0.05) is 12.8 Å². The van der Waals surface area contributed by atoms with E-state index in [1.54, 1.807) is 0 Å². The van der Waals surface area contributed by atoms with E-state index in [2.05, 4.69) is 27.7 Å². The van der Waals surface area contributed by atoms with Gasteiger partial charge in [0.05, 0.1) is 45.1 Å². The molecule has 0 atom stereocenters. The van der Waals surface area contributed by atoms with Crippen LogP contribution in [0.5, 0.6) is 0 Å². The smallest absolute Gasteiger partial charge is 0.282 e. The van der Waals surface area contributed by atoms with Gasteiger partial charge < -0.3 is 28.4 Å². The highest BCUT2D eigenvalue weighted by atomic mass is 16.9. The molecule has 1 spiro atoms. The zero-order valence-corrected chi connectivity index (χ0v) is 16.8. The fourth-order valence-electron chi connectivity index (χ4n) is 2.75. The molecule has 0 N–H and O–H groups in total. The molecule has 0 amide bonds. The molecule has 148 valence electrons. The van der Waals surface area contributed by atoms with Crippen LogP contribution >= 0.6 is 0 Å². The minimum Gasteiger partial charge on any atom is -0.327 e. The number of rotatable bonds is 7. The lowest BCUT2D eigenvalue weighted by atomic mass is 9.90. The molecule has 6 nitrogen and oxygen atoms in total. The van der Waals surface area contributed by atoms with Crippen molar-refractivity contribution < 1.29 is 28.4 Å². The highest BCUT2D eigenvalue weighted by Crippen LogP contribution is 2.39. The van der Waals surface area contributed by atoms with Crippen molar-refractivity contribution in [2.24, 2.45) is 10.8 Å². The summed E-state index contributed by atoms with van der Waals surface area (Å²) >= 11 is 0. The van der Waals surface area contributed by atoms with Crippen LogP contribution in [0.15, 0.2) is 0 Å². The summed E-state index contributed by atoms with van der Waals surface area (Å²) in [6, 6.07) is 0. The second-order valence-electron chi connectivity index (χ2n) is 8.43. The van der Waals surface area contributed by atoms with Crippen LogP contribution in [-0.2, 0) is 28.4 Å². The maximum Gasteiger partial charge on any atom is 0.282 e. The number of ether oxygens (including phenoxy) is 6. The maximum absolute atomic E-state index is 6.04. The van der Waals surface area contributed by atoms with E-state index in [0.29, 0.717) is 52.5 Å². The lowest BCUT2D eigenvalue weighted by Gasteiger charge is -2.50. The Kier molecular flexibility index (Phi) is 6.90. The minimum absolute atomic E-state index is 0.0540. The van der Waals surface area contributed by atoms with Crippen LogP contribution in [0.1, 0.15) is 60.8 Å². The molecule has 6 heteroatoms. The third-order valence-corrected chi connectivity index (χ3v) is 4.51. The first kappa shape index (κ1) is 21.1. The molecule has 0 bridgehead atoms. The SMILES string of the molecule is CCCOC1(CC)OCC2(CO1)COC(CC)(OCC(C)(C)C)OC2. The third-order valence-electron chi connectivity index (χ3n) is 4.51. The van der Waals surface area contributed by atoms with Crippen molar-refractivity contribution in [2.75, 3.05) is 39.6 Å². The molecule has 0 unspecified atom stereocenters. The van der Waals surface area contributed by atoms with Gasteiger partial charge in [0.1, 0.15) is 0 Å². The number of hydrogen-bond acceptors (Lipinski definition) is 6. The molecule has 2 rings (SSSR count). The molecule has 0 aliphatic carbocycles. The normalized spacial score (nSPS) is 36.7. The van der Waals surface area contributed by atoms with E-state index in [4.69, 9.17) is 28.4 Å². The molecule has 0 aromatic carbocycles. The maximum atomic E-state index is 6.04. The van der Waals surface area contributed by atoms with Gasteiger partial charge in [-0.25, -0.2) is 0 Å². The van der Waals surface area contributed by atoms with Crippen molar-refractivity contribution in [1.29, 1.82) is 0 Å². The van der Waals surface area contributed by atoms with Crippen molar-refractivity contribution in [3.8, 4) is 0 Å². The molecule has 2 aliphatic rings. The monoisotopic (exact) mass is 360 g/mol. The van der Waals surface area contributed by atoms with E-state index in [1.807, 2.05) is 13.8 Å². The van der Waals surface area contributed by atoms with Crippen LogP contribution in [0.4, 0.5) is 0 Å². The topological polar surface area (TPSA) is 55.4 Å². The fourth-order valence-corrected chi connectivity index (χ4v) is 2.75. The fraction of sp³-hybridized carbons (Fsp3) is 1.00. The van der Waals surface area contributed by atoms with Gasteiger partial charge in [0.25, 0.3) is 11.9 Å². The summed E-state index contributed by atoms with van der Waals surface area (Å²) in [7, 11) is 0. The molecular formula is C19H36O6. The first-order valence-corrected chi connectivity index (χ1v) is 9.55. The average molecular weight is 360 g/mol. The van der Waals surface area contributed by atoms with Gasteiger partial charge in [-0.1, -0.05) is 41.5 Å². The predicted molar refractivity (Wildman–Crippen MR) is 93.9 cm³/mol. The van der Waals surface area contributed by atoms with E-state index in [-0.39, 0.29) is 10.8 Å². The van der Waals surface area contributed by atoms with Crippen LogP contribution in [0.3, 0.4) is 0 Å². The van der Waals surface area contributed by atoms with E-state index >= 15 is 0 Å². The Morgan fingerprint density at radius 3 is 1.56 bits per heavy atom. The van der Waals surface area contributed by atoms with E-state index in [9.17, 15) is 0 Å². The molecule has 0 aromatic rings. The highest BCUT2D eigenvalue weighted by Gasteiger charge is 2.51. The second kappa shape index (κ2) is 8.19. The van der Waals surface area contributed by atoms with E-state index < -0.39 is 11.9 Å². The summed E-state index contributed by atoms with van der Waals surface area (Å²) in [5.41, 5.74) is -0.254. The molecule has 2 saturated heterocycles. The summed E-state index contributed by atoms with van der Waals surface area (Å²) in [4.78, 5) is 0. The lowest BCUT2D eigenvalue weighted by Crippen LogP contribution is -2.60. The third kappa shape index (κ3) is 5.37. The zero-order chi connectivity index (χ0) is 18.6. The second-order valence-corrected chi connectivity index (χ2v) is 8.43. The summed E-state index contributed by atoms with van der Waals surface area (Å²) in [6.45, 7) is 15.6. The van der Waals surface area contributed by atoms with E-state index in [1.165, 1.54) is 0 Å². The van der Waals surface area contributed by atoms with Crippen molar-refractivity contribution in [3.63, 3.8) is 0 Å². The molecule has 25 heavy (non-hydrogen) atoms. The first-order valence-electron chi connectivity index (χ1n) is 9.55. The van der Waals surface area contributed by atoms with Crippen LogP contribution in [-0.4, -0.2) is 51.6 Å². The molecule has 2 heterocycles. The van der Waals surface area contributed by atoms with Crippen LogP contribution in [0.2, 0.25) is 0 Å². The quantitative estimate of drug-likeness (QED) is 0.690. The van der Waals surface area contributed by atoms with Gasteiger partial charge in [-0.05, 0) is 11.8 Å². The van der Waals surface area contributed by atoms with Gasteiger partial charge in [0.2, 0.25) is 0 Å². The Hall–Kier alpha value is -0.240. The molecule has 2 fully saturated rings. The Bertz CT molecular complexity index is 399. The standard InChI is InChI=1S/C19H36O6/c1-7-10-20-18(8-2)22-12-17(13-23-18)14-24-19(9-3,25-15-17)21-11-16(4,5)6/h7-15H2,1-6H3. The van der Waals surface area contributed by atoms with Gasteiger partial charge in [-0.2, -0.15) is 0 Å². The predicted octanol–water partition coefficient (Wildman–Crippen LogP) is 3.68. The summed E-state index contributed by atoms with van der Waals surface area (Å²) in [5, 5.41) is 0. The number of hydrogen-bond donors (Lipinski definition) is 0. The van der Waals surface area contributed by atoms with Crippen LogP contribution in [0.25, 0.3) is 0 Å². The summed E-state index contributed by atoms with van der Waals surface area (Å²) in [5.74, 6) is -1.89. The average Bonchev–Trinajstić information content (AvgIpc) is 2.61. The summed E-state index contributed by atoms with van der Waals surface area (Å²) < 4.78 is 35.8. The minimum atomic E-state index is -0.962. The molecule has 0 aromatic heterocycles.